The molecule has 1 aromatic carbocycles. The van der Waals surface area contributed by atoms with Gasteiger partial charge in [-0.3, -0.25) is 4.79 Å². The van der Waals surface area contributed by atoms with Crippen LogP contribution in [-0.4, -0.2) is 18.7 Å². The Labute approximate surface area is 93.5 Å². The number of carbonyl (C=O) groups is 1. The lowest BCUT2D eigenvalue weighted by Crippen LogP contribution is -2.34. The smallest absolute Gasteiger partial charge is 0.239 e. The zero-order chi connectivity index (χ0) is 11.5. The van der Waals surface area contributed by atoms with Gasteiger partial charge in [0.15, 0.2) is 11.5 Å². The molecular weight excluding hydrogens is 208 g/mol. The van der Waals surface area contributed by atoms with Crippen LogP contribution >= 0.6 is 0 Å². The number of anilines is 1. The van der Waals surface area contributed by atoms with Crippen LogP contribution in [0, 0.1) is 0 Å². The summed E-state index contributed by atoms with van der Waals surface area (Å²) in [6.07, 6.45) is 0.643. The summed E-state index contributed by atoms with van der Waals surface area (Å²) >= 11 is 0. The van der Waals surface area contributed by atoms with Crippen molar-refractivity contribution < 1.29 is 14.3 Å². The van der Waals surface area contributed by atoms with Crippen molar-refractivity contribution in [1.82, 2.24) is 0 Å². The van der Waals surface area contributed by atoms with Crippen molar-refractivity contribution in [1.29, 1.82) is 0 Å². The number of hydrogen-bond acceptors (Lipinski definition) is 4. The lowest BCUT2D eigenvalue weighted by Gasteiger charge is -2.14. The molecule has 0 aliphatic carbocycles. The number of hydrogen-bond donors (Lipinski definition) is 2. The molecule has 0 radical (unpaired) electrons. The van der Waals surface area contributed by atoms with Crippen molar-refractivity contribution in [2.24, 2.45) is 5.73 Å². The van der Waals surface area contributed by atoms with E-state index in [0.717, 1.165) is 11.4 Å². The molecule has 1 aliphatic rings. The number of nitrogens with one attached hydrogen (secondary N) is 1. The van der Waals surface area contributed by atoms with E-state index < -0.39 is 0 Å². The summed E-state index contributed by atoms with van der Waals surface area (Å²) in [5.74, 6) is 1.04. The van der Waals surface area contributed by atoms with E-state index in [-0.39, 0.29) is 18.7 Å². The number of rotatable bonds is 4. The molecule has 1 aromatic rings. The predicted molar refractivity (Wildman–Crippen MR) is 59.5 cm³/mol. The van der Waals surface area contributed by atoms with Gasteiger partial charge in [-0.15, -0.1) is 0 Å². The quantitative estimate of drug-likeness (QED) is 0.799. The average Bonchev–Trinajstić information content (AvgIpc) is 2.72. The van der Waals surface area contributed by atoms with Crippen LogP contribution in [0.5, 0.6) is 11.5 Å². The summed E-state index contributed by atoms with van der Waals surface area (Å²) in [6, 6.07) is 5.08. The molecule has 0 saturated heterocycles. The van der Waals surface area contributed by atoms with Crippen LogP contribution in [0.15, 0.2) is 18.2 Å². The lowest BCUT2D eigenvalue weighted by atomic mass is 10.2. The maximum Gasteiger partial charge on any atom is 0.239 e. The van der Waals surface area contributed by atoms with Gasteiger partial charge >= 0.3 is 0 Å². The normalized spacial score (nSPS) is 14.6. The van der Waals surface area contributed by atoms with E-state index in [1.54, 1.807) is 12.1 Å². The highest BCUT2D eigenvalue weighted by Gasteiger charge is 2.16. The van der Waals surface area contributed by atoms with Gasteiger partial charge in [-0.1, -0.05) is 6.92 Å². The molecule has 0 aromatic heterocycles. The summed E-state index contributed by atoms with van der Waals surface area (Å²) in [5.41, 5.74) is 6.05. The molecule has 0 saturated carbocycles. The zero-order valence-corrected chi connectivity index (χ0v) is 9.03. The second-order valence-corrected chi connectivity index (χ2v) is 3.58. The van der Waals surface area contributed by atoms with Crippen LogP contribution in [0.4, 0.5) is 5.69 Å². The Morgan fingerprint density at radius 1 is 1.50 bits per heavy atom. The van der Waals surface area contributed by atoms with Gasteiger partial charge in [0, 0.05) is 11.8 Å². The minimum absolute atomic E-state index is 0.242. The maximum absolute atomic E-state index is 11.1. The average molecular weight is 222 g/mol. The molecule has 0 bridgehead atoms. The first-order chi connectivity index (χ1) is 7.70. The highest BCUT2D eigenvalue weighted by molar-refractivity contribution is 5.83. The second kappa shape index (κ2) is 4.30. The van der Waals surface area contributed by atoms with E-state index in [0.29, 0.717) is 12.2 Å². The third-order valence-electron chi connectivity index (χ3n) is 2.47. The standard InChI is InChI=1S/C11H14N2O3/c1-2-8(11(12)14)13-7-3-4-9-10(5-7)16-6-15-9/h3-5,8,13H,2,6H2,1H3,(H2,12,14). The van der Waals surface area contributed by atoms with E-state index in [2.05, 4.69) is 5.32 Å². The van der Waals surface area contributed by atoms with Crippen LogP contribution < -0.4 is 20.5 Å². The fourth-order valence-electron chi connectivity index (χ4n) is 1.56. The number of fused-ring (bicyclic) bond motifs is 1. The molecule has 1 unspecified atom stereocenters. The molecule has 0 spiro atoms. The number of nitrogens with two attached hydrogens (primary N) is 1. The molecule has 86 valence electrons. The fourth-order valence-corrected chi connectivity index (χ4v) is 1.56. The summed E-state index contributed by atoms with van der Waals surface area (Å²) in [4.78, 5) is 11.1. The van der Waals surface area contributed by atoms with E-state index in [4.69, 9.17) is 15.2 Å². The molecule has 0 fully saturated rings. The summed E-state index contributed by atoms with van der Waals surface area (Å²) < 4.78 is 10.4. The first-order valence-electron chi connectivity index (χ1n) is 5.16. The molecule has 1 heterocycles. The SMILES string of the molecule is CCC(Nc1ccc2c(c1)OCO2)C(N)=O. The number of carbonyl (C=O) groups excluding carboxylic acids is 1. The van der Waals surface area contributed by atoms with Crippen LogP contribution in [0.2, 0.25) is 0 Å². The third-order valence-corrected chi connectivity index (χ3v) is 2.47. The monoisotopic (exact) mass is 222 g/mol. The Kier molecular flexibility index (Phi) is 2.85. The Morgan fingerprint density at radius 3 is 2.94 bits per heavy atom. The number of amides is 1. The minimum atomic E-state index is -0.361. The number of ether oxygens (including phenoxy) is 2. The number of benzene rings is 1. The molecule has 1 amide bonds. The first-order valence-corrected chi connectivity index (χ1v) is 5.16. The van der Waals surface area contributed by atoms with E-state index >= 15 is 0 Å². The summed E-state index contributed by atoms with van der Waals surface area (Å²) in [7, 11) is 0. The van der Waals surface area contributed by atoms with Crippen molar-refractivity contribution in [2.75, 3.05) is 12.1 Å². The Hall–Kier alpha value is -1.91. The minimum Gasteiger partial charge on any atom is -0.454 e. The van der Waals surface area contributed by atoms with Gasteiger partial charge in [0.2, 0.25) is 12.7 Å². The highest BCUT2D eigenvalue weighted by Crippen LogP contribution is 2.34. The highest BCUT2D eigenvalue weighted by atomic mass is 16.7. The van der Waals surface area contributed by atoms with Gasteiger partial charge in [0.25, 0.3) is 0 Å². The molecule has 3 N–H and O–H groups in total. The summed E-state index contributed by atoms with van der Waals surface area (Å²) in [6.45, 7) is 2.14. The third kappa shape index (κ3) is 2.03. The zero-order valence-electron chi connectivity index (χ0n) is 9.03. The molecule has 5 nitrogen and oxygen atoms in total. The van der Waals surface area contributed by atoms with Crippen molar-refractivity contribution in [3.05, 3.63) is 18.2 Å². The lowest BCUT2D eigenvalue weighted by molar-refractivity contribution is -0.118. The van der Waals surface area contributed by atoms with E-state index in [9.17, 15) is 4.79 Å². The largest absolute Gasteiger partial charge is 0.454 e. The molecular formula is C11H14N2O3. The van der Waals surface area contributed by atoms with Crippen molar-refractivity contribution in [2.45, 2.75) is 19.4 Å². The Morgan fingerprint density at radius 2 is 2.25 bits per heavy atom. The molecule has 1 aliphatic heterocycles. The van der Waals surface area contributed by atoms with Gasteiger partial charge in [-0.2, -0.15) is 0 Å². The molecule has 2 rings (SSSR count). The van der Waals surface area contributed by atoms with Gasteiger partial charge in [0.05, 0.1) is 0 Å². The van der Waals surface area contributed by atoms with Crippen LogP contribution in [0.1, 0.15) is 13.3 Å². The first kappa shape index (κ1) is 10.6. The van der Waals surface area contributed by atoms with Gasteiger partial charge in [-0.25, -0.2) is 0 Å². The topological polar surface area (TPSA) is 73.6 Å². The molecule has 1 atom stereocenters. The van der Waals surface area contributed by atoms with Gasteiger partial charge in [0.1, 0.15) is 6.04 Å². The van der Waals surface area contributed by atoms with Crippen molar-refractivity contribution in [3.63, 3.8) is 0 Å². The van der Waals surface area contributed by atoms with Gasteiger partial charge in [-0.05, 0) is 18.6 Å². The Balaban J connectivity index is 2.13. The molecule has 16 heavy (non-hydrogen) atoms. The van der Waals surface area contributed by atoms with Crippen LogP contribution in [0.25, 0.3) is 0 Å². The fraction of sp³-hybridized carbons (Fsp3) is 0.364. The van der Waals surface area contributed by atoms with E-state index in [1.807, 2.05) is 13.0 Å². The second-order valence-electron chi connectivity index (χ2n) is 3.58. The predicted octanol–water partition coefficient (Wildman–Crippen LogP) is 1.09. The van der Waals surface area contributed by atoms with E-state index in [1.165, 1.54) is 0 Å². The van der Waals surface area contributed by atoms with Gasteiger partial charge < -0.3 is 20.5 Å². The molecule has 5 heteroatoms. The summed E-state index contributed by atoms with van der Waals surface area (Å²) in [5, 5.41) is 3.05. The maximum atomic E-state index is 11.1. The Bertz CT molecular complexity index is 406. The van der Waals surface area contributed by atoms with Crippen molar-refractivity contribution >= 4 is 11.6 Å². The van der Waals surface area contributed by atoms with Crippen LogP contribution in [0.3, 0.4) is 0 Å². The van der Waals surface area contributed by atoms with Crippen molar-refractivity contribution in [3.8, 4) is 11.5 Å². The number of primary amides is 1. The van der Waals surface area contributed by atoms with Crippen LogP contribution in [-0.2, 0) is 4.79 Å².